The smallest absolute Gasteiger partial charge is 0.162 e. The lowest BCUT2D eigenvalue weighted by Gasteiger charge is -2.26. The summed E-state index contributed by atoms with van der Waals surface area (Å²) in [5.74, 6) is 0.902. The van der Waals surface area contributed by atoms with E-state index < -0.39 is 0 Å². The molecule has 1 aliphatic carbocycles. The highest BCUT2D eigenvalue weighted by molar-refractivity contribution is 6.08. The quantitative estimate of drug-likeness (QED) is 0.820. The molecule has 0 bridgehead atoms. The van der Waals surface area contributed by atoms with Gasteiger partial charge in [0, 0.05) is 17.3 Å². The maximum atomic E-state index is 11.6. The van der Waals surface area contributed by atoms with E-state index in [1.54, 1.807) is 13.1 Å². The van der Waals surface area contributed by atoms with E-state index in [0.717, 1.165) is 35.1 Å². The van der Waals surface area contributed by atoms with Crippen molar-refractivity contribution in [3.05, 3.63) is 30.0 Å². The predicted octanol–water partition coefficient (Wildman–Crippen LogP) is 3.30. The average molecular weight is 229 g/mol. The molecule has 0 atom stereocenters. The zero-order valence-corrected chi connectivity index (χ0v) is 9.82. The molecule has 1 aromatic heterocycles. The number of hydrogen-bond acceptors (Lipinski definition) is 2. The van der Waals surface area contributed by atoms with Crippen LogP contribution in [-0.4, -0.2) is 16.9 Å². The van der Waals surface area contributed by atoms with Gasteiger partial charge < -0.3 is 9.72 Å². The summed E-state index contributed by atoms with van der Waals surface area (Å²) in [6, 6.07) is 5.87. The van der Waals surface area contributed by atoms with E-state index >= 15 is 0 Å². The molecular formula is C14H15NO2. The van der Waals surface area contributed by atoms with Crippen molar-refractivity contribution in [1.29, 1.82) is 0 Å². The standard InChI is InChI=1S/C14H15NO2/c1-9(16)11-8-15-12-6-3-7-13(14(11)12)17-10-4-2-5-10/h3,6-8,10,15H,2,4-5H2,1H3. The first-order chi connectivity index (χ1) is 8.25. The molecule has 88 valence electrons. The van der Waals surface area contributed by atoms with Crippen molar-refractivity contribution >= 4 is 16.7 Å². The van der Waals surface area contributed by atoms with Crippen LogP contribution in [0.4, 0.5) is 0 Å². The number of hydrogen-bond donors (Lipinski definition) is 1. The van der Waals surface area contributed by atoms with Crippen molar-refractivity contribution in [2.75, 3.05) is 0 Å². The van der Waals surface area contributed by atoms with E-state index in [1.165, 1.54) is 6.42 Å². The third kappa shape index (κ3) is 1.71. The minimum absolute atomic E-state index is 0.0703. The number of ether oxygens (including phenoxy) is 1. The molecule has 0 unspecified atom stereocenters. The van der Waals surface area contributed by atoms with Crippen LogP contribution in [0, 0.1) is 0 Å². The molecule has 3 rings (SSSR count). The van der Waals surface area contributed by atoms with Crippen LogP contribution in [0.15, 0.2) is 24.4 Å². The van der Waals surface area contributed by atoms with Crippen LogP contribution >= 0.6 is 0 Å². The lowest BCUT2D eigenvalue weighted by Crippen LogP contribution is -2.24. The second kappa shape index (κ2) is 3.91. The summed E-state index contributed by atoms with van der Waals surface area (Å²) in [7, 11) is 0. The van der Waals surface area contributed by atoms with Crippen LogP contribution < -0.4 is 4.74 Å². The Kier molecular flexibility index (Phi) is 2.39. The molecule has 1 aliphatic rings. The van der Waals surface area contributed by atoms with Gasteiger partial charge in [-0.1, -0.05) is 6.07 Å². The van der Waals surface area contributed by atoms with Gasteiger partial charge in [-0.05, 0) is 38.3 Å². The first kappa shape index (κ1) is 10.4. The highest BCUT2D eigenvalue weighted by Gasteiger charge is 2.21. The van der Waals surface area contributed by atoms with Crippen molar-refractivity contribution < 1.29 is 9.53 Å². The molecule has 17 heavy (non-hydrogen) atoms. The van der Waals surface area contributed by atoms with Crippen LogP contribution in [0.3, 0.4) is 0 Å². The third-order valence-corrected chi connectivity index (χ3v) is 3.39. The topological polar surface area (TPSA) is 42.1 Å². The van der Waals surface area contributed by atoms with E-state index in [-0.39, 0.29) is 5.78 Å². The fourth-order valence-electron chi connectivity index (χ4n) is 2.20. The summed E-state index contributed by atoms with van der Waals surface area (Å²) in [6.07, 6.45) is 5.58. The van der Waals surface area contributed by atoms with E-state index in [2.05, 4.69) is 4.98 Å². The van der Waals surface area contributed by atoms with Gasteiger partial charge in [-0.3, -0.25) is 4.79 Å². The maximum Gasteiger partial charge on any atom is 0.162 e. The lowest BCUT2D eigenvalue weighted by molar-refractivity contribution is 0.101. The lowest BCUT2D eigenvalue weighted by atomic mass is 9.96. The Morgan fingerprint density at radius 1 is 1.41 bits per heavy atom. The Hall–Kier alpha value is -1.77. The summed E-state index contributed by atoms with van der Waals surface area (Å²) >= 11 is 0. The van der Waals surface area contributed by atoms with Crippen molar-refractivity contribution in [2.45, 2.75) is 32.3 Å². The van der Waals surface area contributed by atoms with Gasteiger partial charge in [-0.25, -0.2) is 0 Å². The fraction of sp³-hybridized carbons (Fsp3) is 0.357. The Morgan fingerprint density at radius 3 is 2.88 bits per heavy atom. The van der Waals surface area contributed by atoms with Crippen molar-refractivity contribution in [3.63, 3.8) is 0 Å². The van der Waals surface area contributed by atoms with Crippen LogP contribution in [0.5, 0.6) is 5.75 Å². The second-order valence-corrected chi connectivity index (χ2v) is 4.61. The molecule has 1 heterocycles. The first-order valence-electron chi connectivity index (χ1n) is 6.03. The van der Waals surface area contributed by atoms with Crippen molar-refractivity contribution in [2.24, 2.45) is 0 Å². The zero-order valence-electron chi connectivity index (χ0n) is 9.82. The van der Waals surface area contributed by atoms with E-state index in [0.29, 0.717) is 6.10 Å². The number of H-pyrrole nitrogens is 1. The fourth-order valence-corrected chi connectivity index (χ4v) is 2.20. The number of fused-ring (bicyclic) bond motifs is 1. The number of carbonyl (C=O) groups is 1. The molecular weight excluding hydrogens is 214 g/mol. The molecule has 0 radical (unpaired) electrons. The number of ketones is 1. The summed E-state index contributed by atoms with van der Waals surface area (Å²) in [6.45, 7) is 1.59. The van der Waals surface area contributed by atoms with Crippen LogP contribution in [0.25, 0.3) is 10.9 Å². The SMILES string of the molecule is CC(=O)c1c[nH]c2cccc(OC3CCC3)c12. The molecule has 1 fully saturated rings. The number of Topliss-reactive ketones (excluding diaryl/α,β-unsaturated/α-hetero) is 1. The number of aromatic amines is 1. The normalized spacial score (nSPS) is 15.8. The monoisotopic (exact) mass is 229 g/mol. The Bertz CT molecular complexity index is 567. The number of carbonyl (C=O) groups excluding carboxylic acids is 1. The van der Waals surface area contributed by atoms with Gasteiger partial charge in [-0.2, -0.15) is 0 Å². The average Bonchev–Trinajstić information content (AvgIpc) is 2.67. The van der Waals surface area contributed by atoms with Crippen LogP contribution in [-0.2, 0) is 0 Å². The Balaban J connectivity index is 2.08. The van der Waals surface area contributed by atoms with Crippen molar-refractivity contribution in [3.8, 4) is 5.75 Å². The number of aromatic nitrogens is 1. The molecule has 0 amide bonds. The Labute approximate surface area is 99.8 Å². The van der Waals surface area contributed by atoms with Crippen LogP contribution in [0.1, 0.15) is 36.5 Å². The molecule has 3 heteroatoms. The molecule has 1 aromatic carbocycles. The summed E-state index contributed by atoms with van der Waals surface area (Å²) in [5.41, 5.74) is 1.68. The number of rotatable bonds is 3. The minimum atomic E-state index is 0.0703. The van der Waals surface area contributed by atoms with Gasteiger partial charge in [0.15, 0.2) is 5.78 Å². The largest absolute Gasteiger partial charge is 0.490 e. The van der Waals surface area contributed by atoms with Crippen LogP contribution in [0.2, 0.25) is 0 Å². The van der Waals surface area contributed by atoms with Gasteiger partial charge in [0.05, 0.1) is 11.5 Å². The number of benzene rings is 1. The van der Waals surface area contributed by atoms with Gasteiger partial charge in [0.1, 0.15) is 5.75 Å². The molecule has 3 nitrogen and oxygen atoms in total. The zero-order chi connectivity index (χ0) is 11.8. The van der Waals surface area contributed by atoms with E-state index in [9.17, 15) is 4.79 Å². The van der Waals surface area contributed by atoms with Gasteiger partial charge >= 0.3 is 0 Å². The summed E-state index contributed by atoms with van der Waals surface area (Å²) in [4.78, 5) is 14.7. The molecule has 1 N–H and O–H groups in total. The highest BCUT2D eigenvalue weighted by Crippen LogP contribution is 2.33. The minimum Gasteiger partial charge on any atom is -0.490 e. The van der Waals surface area contributed by atoms with Gasteiger partial charge in [0.25, 0.3) is 0 Å². The molecule has 1 saturated carbocycles. The van der Waals surface area contributed by atoms with E-state index in [1.807, 2.05) is 18.2 Å². The summed E-state index contributed by atoms with van der Waals surface area (Å²) in [5, 5.41) is 0.923. The van der Waals surface area contributed by atoms with Gasteiger partial charge in [0.2, 0.25) is 0 Å². The summed E-state index contributed by atoms with van der Waals surface area (Å²) < 4.78 is 5.94. The molecule has 0 aliphatic heterocycles. The highest BCUT2D eigenvalue weighted by atomic mass is 16.5. The van der Waals surface area contributed by atoms with Gasteiger partial charge in [-0.15, -0.1) is 0 Å². The Morgan fingerprint density at radius 2 is 2.24 bits per heavy atom. The molecule has 0 spiro atoms. The van der Waals surface area contributed by atoms with Crippen molar-refractivity contribution in [1.82, 2.24) is 4.98 Å². The maximum absolute atomic E-state index is 11.6. The predicted molar refractivity (Wildman–Crippen MR) is 66.6 cm³/mol. The number of nitrogens with one attached hydrogen (secondary N) is 1. The third-order valence-electron chi connectivity index (χ3n) is 3.39. The molecule has 2 aromatic rings. The second-order valence-electron chi connectivity index (χ2n) is 4.61. The van der Waals surface area contributed by atoms with E-state index in [4.69, 9.17) is 4.74 Å². The molecule has 0 saturated heterocycles. The first-order valence-corrected chi connectivity index (χ1v) is 6.03.